The van der Waals surface area contributed by atoms with Gasteiger partial charge < -0.3 is 13.7 Å². The van der Waals surface area contributed by atoms with E-state index in [1.807, 2.05) is 24.3 Å². The molecule has 0 saturated carbocycles. The Morgan fingerprint density at radius 1 is 0.202 bits per heavy atom. The van der Waals surface area contributed by atoms with Gasteiger partial charge in [0.15, 0.2) is 5.82 Å². The van der Waals surface area contributed by atoms with Crippen LogP contribution in [0.25, 0.3) is 177 Å². The van der Waals surface area contributed by atoms with E-state index in [2.05, 4.69) is 322 Å². The first-order valence-electron chi connectivity index (χ1n) is 31.9. The van der Waals surface area contributed by atoms with E-state index in [4.69, 9.17) is 19.9 Å². The van der Waals surface area contributed by atoms with Crippen molar-refractivity contribution in [1.82, 2.24) is 38.2 Å². The number of hydrogen-bond acceptors (Lipinski definition) is 4. The number of benzene rings is 14. The van der Waals surface area contributed by atoms with Crippen LogP contribution in [0.15, 0.2) is 328 Å². The maximum atomic E-state index is 5.26. The fourth-order valence-electron chi connectivity index (χ4n) is 14.7. The summed E-state index contributed by atoms with van der Waals surface area (Å²) >= 11 is 0. The quantitative estimate of drug-likeness (QED) is 0.159. The number of rotatable bonds is 7. The maximum absolute atomic E-state index is 5.26. The number of hydrogen-bond donors (Lipinski definition) is 0. The van der Waals surface area contributed by atoms with E-state index in [0.29, 0.717) is 11.8 Å². The molecule has 0 aliphatic carbocycles. The molecule has 0 aliphatic rings. The third kappa shape index (κ3) is 8.40. The Morgan fingerprint density at radius 2 is 0.606 bits per heavy atom. The van der Waals surface area contributed by atoms with Gasteiger partial charge in [-0.25, -0.2) is 19.9 Å². The largest absolute Gasteiger partial charge is 0.309 e. The molecule has 14 aromatic carbocycles. The molecule has 8 nitrogen and oxygen atoms in total. The Kier molecular flexibility index (Phi) is 12.1. The Balaban J connectivity index is 0.000000137. The van der Waals surface area contributed by atoms with Gasteiger partial charge in [0.1, 0.15) is 0 Å². The highest BCUT2D eigenvalue weighted by atomic mass is 15.2. The van der Waals surface area contributed by atoms with Crippen molar-refractivity contribution in [3.05, 3.63) is 328 Å². The summed E-state index contributed by atoms with van der Waals surface area (Å²) in [5.41, 5.74) is 19.4. The minimum atomic E-state index is 0.667. The Labute approximate surface area is 539 Å². The molecule has 0 unspecified atom stereocenters. The van der Waals surface area contributed by atoms with Gasteiger partial charge >= 0.3 is 0 Å². The molecule has 0 atom stereocenters. The van der Waals surface area contributed by atoms with Crippen molar-refractivity contribution in [2.75, 3.05) is 0 Å². The zero-order valence-corrected chi connectivity index (χ0v) is 50.8. The van der Waals surface area contributed by atoms with Gasteiger partial charge in [0.05, 0.1) is 66.6 Å². The van der Waals surface area contributed by atoms with Gasteiger partial charge in [-0.15, -0.1) is 0 Å². The lowest BCUT2D eigenvalue weighted by molar-refractivity contribution is 1.01. The monoisotopic (exact) mass is 1200 g/mol. The van der Waals surface area contributed by atoms with E-state index in [1.54, 1.807) is 0 Å². The average molecular weight is 1200 g/mol. The minimum absolute atomic E-state index is 0.667. The SMILES string of the molecule is c1ccc(-c2nc(-c3cccc(-n4c5ccccc5c5cc6c7c8ccccc8ccc7n(-c7ccccc7)c6cc54)c3)nc3ccccc23)cc1.c1ccc(-c2nc(-n3c4ccccc4c4cc5c6ccccc6n(-c6ccccc6)c5cc43)nc3ccccc23)cc1. The third-order valence-electron chi connectivity index (χ3n) is 18.8. The fraction of sp³-hybridized carbons (Fsp3) is 0. The standard InChI is InChI=1S/C48H30N4.C38H24N4/c1-3-15-32(16-4-1)47-38-23-9-11-24-41(38)49-48(50-47)33-17-13-20-35(28-33)52-42-25-12-10-22-37(42)39-29-40-45(30-44(39)52)51(34-18-5-2-6-19-34)43-27-26-31-14-7-8-21-36(31)46(40)43;1-3-13-25(14-4-1)37-29-19-7-10-20-32(29)39-38(40-37)42-34-22-12-9-18-28(34)31-23-30-27-17-8-11-21-33(27)41(35(30)24-36(31)42)26-15-5-2-6-16-26/h1-30H;1-24H. The molecule has 6 aromatic heterocycles. The van der Waals surface area contributed by atoms with Crippen molar-refractivity contribution in [1.29, 1.82) is 0 Å². The molecule has 6 heterocycles. The first kappa shape index (κ1) is 53.1. The van der Waals surface area contributed by atoms with Crippen molar-refractivity contribution < 1.29 is 0 Å². The first-order valence-corrected chi connectivity index (χ1v) is 31.9. The molecule has 0 N–H and O–H groups in total. The van der Waals surface area contributed by atoms with Gasteiger partial charge in [-0.1, -0.05) is 231 Å². The van der Waals surface area contributed by atoms with Crippen LogP contribution in [0.2, 0.25) is 0 Å². The predicted octanol–water partition coefficient (Wildman–Crippen LogP) is 21.8. The minimum Gasteiger partial charge on any atom is -0.309 e. The molecule has 20 rings (SSSR count). The molecule has 0 aliphatic heterocycles. The molecule has 438 valence electrons. The molecule has 94 heavy (non-hydrogen) atoms. The van der Waals surface area contributed by atoms with Crippen molar-refractivity contribution >= 4 is 120 Å². The van der Waals surface area contributed by atoms with Crippen molar-refractivity contribution in [2.45, 2.75) is 0 Å². The Hall–Kier alpha value is -12.8. The van der Waals surface area contributed by atoms with E-state index in [-0.39, 0.29) is 0 Å². The topological polar surface area (TPSA) is 71.3 Å². The van der Waals surface area contributed by atoms with E-state index >= 15 is 0 Å². The van der Waals surface area contributed by atoms with Crippen molar-refractivity contribution in [3.63, 3.8) is 0 Å². The van der Waals surface area contributed by atoms with Crippen LogP contribution in [0.5, 0.6) is 0 Å². The summed E-state index contributed by atoms with van der Waals surface area (Å²) in [6, 6.07) is 116. The summed E-state index contributed by atoms with van der Waals surface area (Å²) in [4.78, 5) is 20.7. The van der Waals surface area contributed by atoms with Gasteiger partial charge in [0.2, 0.25) is 5.95 Å². The molecular weight excluding hydrogens is 1150 g/mol. The molecule has 0 saturated heterocycles. The summed E-state index contributed by atoms with van der Waals surface area (Å²) in [6.45, 7) is 0. The molecule has 0 radical (unpaired) electrons. The number of para-hydroxylation sites is 7. The highest BCUT2D eigenvalue weighted by Crippen LogP contribution is 2.44. The van der Waals surface area contributed by atoms with Gasteiger partial charge in [0.25, 0.3) is 0 Å². The van der Waals surface area contributed by atoms with Crippen LogP contribution in [-0.4, -0.2) is 38.2 Å². The van der Waals surface area contributed by atoms with Crippen LogP contribution in [0.4, 0.5) is 0 Å². The summed E-state index contributed by atoms with van der Waals surface area (Å²) in [5.74, 6) is 1.37. The zero-order valence-electron chi connectivity index (χ0n) is 50.8. The molecule has 0 amide bonds. The normalized spacial score (nSPS) is 11.8. The molecule has 0 fully saturated rings. The van der Waals surface area contributed by atoms with E-state index in [1.165, 1.54) is 70.4 Å². The lowest BCUT2D eigenvalue weighted by Crippen LogP contribution is -2.03. The lowest BCUT2D eigenvalue weighted by Gasteiger charge is -2.12. The van der Waals surface area contributed by atoms with Crippen molar-refractivity contribution in [3.8, 4) is 56.9 Å². The highest BCUT2D eigenvalue weighted by Gasteiger charge is 2.24. The number of nitrogens with zero attached hydrogens (tertiary/aromatic N) is 8. The highest BCUT2D eigenvalue weighted by molar-refractivity contribution is 6.26. The zero-order chi connectivity index (χ0) is 61.8. The smallest absolute Gasteiger partial charge is 0.235 e. The molecule has 0 spiro atoms. The summed E-state index contributed by atoms with van der Waals surface area (Å²) in [6.07, 6.45) is 0. The molecular formula is C86H54N8. The van der Waals surface area contributed by atoms with Gasteiger partial charge in [-0.2, -0.15) is 0 Å². The second-order valence-electron chi connectivity index (χ2n) is 24.1. The number of fused-ring (bicyclic) bond motifs is 16. The van der Waals surface area contributed by atoms with Crippen LogP contribution < -0.4 is 0 Å². The van der Waals surface area contributed by atoms with Crippen LogP contribution in [0.3, 0.4) is 0 Å². The second kappa shape index (κ2) is 21.4. The third-order valence-corrected chi connectivity index (χ3v) is 18.8. The van der Waals surface area contributed by atoms with Gasteiger partial charge in [-0.3, -0.25) is 4.57 Å². The molecule has 0 bridgehead atoms. The predicted molar refractivity (Wildman–Crippen MR) is 390 cm³/mol. The lowest BCUT2D eigenvalue weighted by atomic mass is 10.0. The van der Waals surface area contributed by atoms with E-state index in [9.17, 15) is 0 Å². The fourth-order valence-corrected chi connectivity index (χ4v) is 14.7. The van der Waals surface area contributed by atoms with Crippen LogP contribution in [0.1, 0.15) is 0 Å². The van der Waals surface area contributed by atoms with Gasteiger partial charge in [0, 0.05) is 87.6 Å². The maximum Gasteiger partial charge on any atom is 0.235 e. The van der Waals surface area contributed by atoms with E-state index in [0.717, 1.165) is 94.5 Å². The molecule has 8 heteroatoms. The van der Waals surface area contributed by atoms with Gasteiger partial charge in [-0.05, 0) is 108 Å². The summed E-state index contributed by atoms with van der Waals surface area (Å²) in [5, 5.41) is 14.4. The average Bonchev–Trinajstić information content (AvgIpc) is 1.56. The van der Waals surface area contributed by atoms with Crippen LogP contribution in [-0.2, 0) is 0 Å². The Morgan fingerprint density at radius 3 is 1.19 bits per heavy atom. The first-order chi connectivity index (χ1) is 46.6. The van der Waals surface area contributed by atoms with E-state index < -0.39 is 0 Å². The van der Waals surface area contributed by atoms with Crippen molar-refractivity contribution in [2.24, 2.45) is 0 Å². The van der Waals surface area contributed by atoms with Crippen LogP contribution in [0, 0.1) is 0 Å². The Bertz CT molecular complexity index is 6400. The number of aromatic nitrogens is 8. The second-order valence-corrected chi connectivity index (χ2v) is 24.1. The summed E-state index contributed by atoms with van der Waals surface area (Å²) < 4.78 is 9.42. The summed E-state index contributed by atoms with van der Waals surface area (Å²) in [7, 11) is 0. The molecule has 20 aromatic rings. The van der Waals surface area contributed by atoms with Crippen LogP contribution >= 0.6 is 0 Å².